The number of halogens is 4. The van der Waals surface area contributed by atoms with Gasteiger partial charge in [-0.2, -0.15) is 13.2 Å². The summed E-state index contributed by atoms with van der Waals surface area (Å²) in [5.41, 5.74) is 0.657. The van der Waals surface area contributed by atoms with Crippen LogP contribution in [0.25, 0.3) is 11.3 Å². The van der Waals surface area contributed by atoms with Crippen LogP contribution in [0.15, 0.2) is 61.1 Å². The SMILES string of the molecule is CN(CCn1cc(-c2ccc(F)c(C(F)(F)F)c2)nc1C1CCN(c2ncnc3c2CC(=O)N3)CC1)C(=O)OCc1ccccc1. The Morgan fingerprint density at radius 1 is 1.11 bits per heavy atom. The molecule has 0 saturated carbocycles. The van der Waals surface area contributed by atoms with Gasteiger partial charge in [0, 0.05) is 56.5 Å². The molecule has 1 saturated heterocycles. The largest absolute Gasteiger partial charge is 0.445 e. The van der Waals surface area contributed by atoms with Crippen molar-refractivity contribution in [3.8, 4) is 11.3 Å². The summed E-state index contributed by atoms with van der Waals surface area (Å²) in [5, 5.41) is 2.74. The van der Waals surface area contributed by atoms with Crippen molar-refractivity contribution in [2.24, 2.45) is 0 Å². The van der Waals surface area contributed by atoms with Crippen LogP contribution in [0.5, 0.6) is 0 Å². The van der Waals surface area contributed by atoms with Crippen LogP contribution in [0.4, 0.5) is 34.0 Å². The number of rotatable bonds is 8. The van der Waals surface area contributed by atoms with E-state index in [2.05, 4.69) is 20.2 Å². The maximum absolute atomic E-state index is 14.1. The second-order valence-electron chi connectivity index (χ2n) is 11.3. The van der Waals surface area contributed by atoms with E-state index in [1.165, 1.54) is 17.3 Å². The first-order valence-corrected chi connectivity index (χ1v) is 14.8. The third-order valence-electron chi connectivity index (χ3n) is 8.25. The summed E-state index contributed by atoms with van der Waals surface area (Å²) in [6, 6.07) is 12.1. The molecule has 0 unspecified atom stereocenters. The van der Waals surface area contributed by atoms with Crippen molar-refractivity contribution in [3.63, 3.8) is 0 Å². The maximum atomic E-state index is 14.1. The lowest BCUT2D eigenvalue weighted by Gasteiger charge is -2.33. The zero-order valence-electron chi connectivity index (χ0n) is 24.9. The molecule has 0 bridgehead atoms. The van der Waals surface area contributed by atoms with E-state index in [0.717, 1.165) is 23.3 Å². The number of amides is 2. The normalized spacial score (nSPS) is 15.1. The molecule has 0 radical (unpaired) electrons. The molecule has 10 nitrogen and oxygen atoms in total. The molecule has 6 rings (SSSR count). The van der Waals surface area contributed by atoms with E-state index < -0.39 is 23.7 Å². The van der Waals surface area contributed by atoms with Crippen LogP contribution in [-0.2, 0) is 35.3 Å². The highest BCUT2D eigenvalue weighted by molar-refractivity contribution is 5.99. The lowest BCUT2D eigenvalue weighted by atomic mass is 9.95. The van der Waals surface area contributed by atoms with Gasteiger partial charge in [-0.3, -0.25) is 4.79 Å². The summed E-state index contributed by atoms with van der Waals surface area (Å²) in [6.45, 7) is 1.88. The second kappa shape index (κ2) is 12.8. The Labute approximate surface area is 262 Å². The highest BCUT2D eigenvalue weighted by Crippen LogP contribution is 2.37. The Balaban J connectivity index is 1.21. The van der Waals surface area contributed by atoms with Gasteiger partial charge in [0.2, 0.25) is 5.91 Å². The van der Waals surface area contributed by atoms with E-state index >= 15 is 0 Å². The minimum Gasteiger partial charge on any atom is -0.445 e. The van der Waals surface area contributed by atoms with Gasteiger partial charge in [0.1, 0.15) is 36.2 Å². The maximum Gasteiger partial charge on any atom is 0.419 e. The summed E-state index contributed by atoms with van der Waals surface area (Å²) >= 11 is 0. The molecule has 4 heterocycles. The van der Waals surface area contributed by atoms with Gasteiger partial charge in [0.05, 0.1) is 17.7 Å². The van der Waals surface area contributed by atoms with Gasteiger partial charge < -0.3 is 24.4 Å². The Bertz CT molecular complexity index is 1740. The fourth-order valence-corrected chi connectivity index (χ4v) is 5.79. The average Bonchev–Trinajstić information content (AvgIpc) is 3.65. The van der Waals surface area contributed by atoms with Gasteiger partial charge in [-0.15, -0.1) is 0 Å². The summed E-state index contributed by atoms with van der Waals surface area (Å²) in [4.78, 5) is 41.5. The molecular weight excluding hydrogens is 606 g/mol. The molecule has 2 aliphatic rings. The van der Waals surface area contributed by atoms with E-state index in [-0.39, 0.29) is 42.7 Å². The van der Waals surface area contributed by atoms with Crippen molar-refractivity contribution in [3.05, 3.63) is 89.4 Å². The number of piperidine rings is 1. The van der Waals surface area contributed by atoms with Crippen LogP contribution in [0.3, 0.4) is 0 Å². The summed E-state index contributed by atoms with van der Waals surface area (Å²) in [5.74, 6) is 0.325. The first-order chi connectivity index (χ1) is 22.1. The minimum absolute atomic E-state index is 0.0579. The highest BCUT2D eigenvalue weighted by Gasteiger charge is 2.35. The monoisotopic (exact) mass is 637 g/mol. The van der Waals surface area contributed by atoms with E-state index in [1.807, 2.05) is 34.9 Å². The van der Waals surface area contributed by atoms with Crippen LogP contribution >= 0.6 is 0 Å². The number of carbonyl (C=O) groups excluding carboxylic acids is 2. The number of likely N-dealkylation sites (N-methyl/N-ethyl adjacent to an activating group) is 1. The van der Waals surface area contributed by atoms with Gasteiger partial charge in [-0.25, -0.2) is 24.1 Å². The Hall–Kier alpha value is -5.01. The van der Waals surface area contributed by atoms with Crippen molar-refractivity contribution < 1.29 is 31.9 Å². The lowest BCUT2D eigenvalue weighted by Crippen LogP contribution is -2.35. The van der Waals surface area contributed by atoms with Crippen LogP contribution in [0, 0.1) is 5.82 Å². The lowest BCUT2D eigenvalue weighted by molar-refractivity contribution is -0.140. The Kier molecular flexibility index (Phi) is 8.61. The molecule has 4 aromatic rings. The van der Waals surface area contributed by atoms with E-state index in [0.29, 0.717) is 49.9 Å². The van der Waals surface area contributed by atoms with Gasteiger partial charge in [0.15, 0.2) is 0 Å². The first kappa shape index (κ1) is 31.0. The number of ether oxygens (including phenoxy) is 1. The van der Waals surface area contributed by atoms with E-state index in [4.69, 9.17) is 9.72 Å². The molecule has 0 atom stereocenters. The van der Waals surface area contributed by atoms with Crippen LogP contribution in [0.1, 0.15) is 41.3 Å². The van der Waals surface area contributed by atoms with Gasteiger partial charge in [0.25, 0.3) is 0 Å². The standard InChI is InChI=1S/C32H31F4N7O3/c1-41(31(45)46-18-20-5-3-2-4-6-20)13-14-43-17-26(22-7-8-25(33)24(15-22)32(34,35)36)39-29(43)21-9-11-42(12-10-21)30-23-16-27(44)40-28(23)37-19-38-30/h2-8,15,17,19,21H,9-14,16,18H2,1H3,(H,37,38,40,44). The highest BCUT2D eigenvalue weighted by atomic mass is 19.4. The molecule has 14 heteroatoms. The number of anilines is 2. The average molecular weight is 638 g/mol. The molecule has 0 spiro atoms. The molecule has 1 N–H and O–H groups in total. The zero-order valence-corrected chi connectivity index (χ0v) is 24.9. The Morgan fingerprint density at radius 2 is 1.87 bits per heavy atom. The van der Waals surface area contributed by atoms with Crippen LogP contribution in [-0.4, -0.2) is 63.1 Å². The minimum atomic E-state index is -4.86. The molecule has 0 aliphatic carbocycles. The fraction of sp³-hybridized carbons (Fsp3) is 0.344. The van der Waals surface area contributed by atoms with Gasteiger partial charge in [-0.05, 0) is 36.6 Å². The van der Waals surface area contributed by atoms with Crippen molar-refractivity contribution in [2.75, 3.05) is 36.9 Å². The summed E-state index contributed by atoms with van der Waals surface area (Å²) in [7, 11) is 1.61. The molecule has 46 heavy (non-hydrogen) atoms. The van der Waals surface area contributed by atoms with Crippen molar-refractivity contribution in [1.82, 2.24) is 24.4 Å². The molecular formula is C32H31F4N7O3. The van der Waals surface area contributed by atoms with Crippen LogP contribution < -0.4 is 10.2 Å². The molecule has 2 aromatic carbocycles. The number of hydrogen-bond acceptors (Lipinski definition) is 7. The number of fused-ring (bicyclic) bond motifs is 1. The predicted molar refractivity (Wildman–Crippen MR) is 160 cm³/mol. The number of imidazole rings is 1. The summed E-state index contributed by atoms with van der Waals surface area (Å²) in [6.07, 6.45) is -0.791. The number of benzene rings is 2. The van der Waals surface area contributed by atoms with Crippen molar-refractivity contribution >= 4 is 23.6 Å². The number of nitrogens with one attached hydrogen (secondary N) is 1. The number of alkyl halides is 3. The first-order valence-electron chi connectivity index (χ1n) is 14.8. The third kappa shape index (κ3) is 6.65. The molecule has 1 fully saturated rings. The number of aromatic nitrogens is 4. The number of carbonyl (C=O) groups is 2. The van der Waals surface area contributed by atoms with Crippen molar-refractivity contribution in [1.29, 1.82) is 0 Å². The summed E-state index contributed by atoms with van der Waals surface area (Å²) < 4.78 is 61.9. The fourth-order valence-electron chi connectivity index (χ4n) is 5.79. The van der Waals surface area contributed by atoms with Gasteiger partial charge >= 0.3 is 12.3 Å². The van der Waals surface area contributed by atoms with Crippen LogP contribution in [0.2, 0.25) is 0 Å². The van der Waals surface area contributed by atoms with E-state index in [1.54, 1.807) is 13.2 Å². The Morgan fingerprint density at radius 3 is 2.61 bits per heavy atom. The number of hydrogen-bond donors (Lipinski definition) is 1. The molecule has 2 aliphatic heterocycles. The quantitative estimate of drug-likeness (QED) is 0.249. The van der Waals surface area contributed by atoms with Gasteiger partial charge in [-0.1, -0.05) is 30.3 Å². The molecule has 240 valence electrons. The number of nitrogens with zero attached hydrogens (tertiary/aromatic N) is 6. The predicted octanol–water partition coefficient (Wildman–Crippen LogP) is 5.65. The smallest absolute Gasteiger partial charge is 0.419 e. The topological polar surface area (TPSA) is 105 Å². The zero-order chi connectivity index (χ0) is 32.4. The molecule has 2 aromatic heterocycles. The second-order valence-corrected chi connectivity index (χ2v) is 11.3. The van der Waals surface area contributed by atoms with Crippen molar-refractivity contribution in [2.45, 2.75) is 44.5 Å². The third-order valence-corrected chi connectivity index (χ3v) is 8.25. The molecule has 2 amide bonds. The van der Waals surface area contributed by atoms with E-state index in [9.17, 15) is 27.2 Å².